The maximum atomic E-state index is 12.4. The van der Waals surface area contributed by atoms with Crippen LogP contribution < -0.4 is 10.1 Å². The van der Waals surface area contributed by atoms with Gasteiger partial charge in [-0.05, 0) is 31.2 Å². The summed E-state index contributed by atoms with van der Waals surface area (Å²) in [7, 11) is 1.59. The van der Waals surface area contributed by atoms with Crippen LogP contribution in [0.25, 0.3) is 0 Å². The third-order valence-corrected chi connectivity index (χ3v) is 4.94. The number of ether oxygens (including phenoxy) is 2. The first-order valence-electron chi connectivity index (χ1n) is 10.2. The Morgan fingerprint density at radius 1 is 1.23 bits per heavy atom. The summed E-state index contributed by atoms with van der Waals surface area (Å²) in [6, 6.07) is 7.09. The molecule has 2 N–H and O–H groups in total. The van der Waals surface area contributed by atoms with Gasteiger partial charge in [0, 0.05) is 45.0 Å². The van der Waals surface area contributed by atoms with Gasteiger partial charge in [0.15, 0.2) is 5.69 Å². The van der Waals surface area contributed by atoms with Gasteiger partial charge in [-0.2, -0.15) is 0 Å². The third kappa shape index (κ3) is 6.53. The molecular formula is C21H30N4O5. The summed E-state index contributed by atoms with van der Waals surface area (Å²) in [5, 5.41) is 12.8. The van der Waals surface area contributed by atoms with Crippen LogP contribution in [-0.2, 0) is 11.3 Å². The first-order chi connectivity index (χ1) is 14.6. The normalized spacial score (nSPS) is 16.4. The maximum absolute atomic E-state index is 12.4. The summed E-state index contributed by atoms with van der Waals surface area (Å²) in [5.41, 5.74) is 0.909. The van der Waals surface area contributed by atoms with Crippen LogP contribution in [0.1, 0.15) is 23.3 Å². The molecule has 30 heavy (non-hydrogen) atoms. The largest absolute Gasteiger partial charge is 0.497 e. The Morgan fingerprint density at radius 2 is 1.93 bits per heavy atom. The van der Waals surface area contributed by atoms with Crippen LogP contribution in [0.15, 0.2) is 34.9 Å². The minimum atomic E-state index is -0.463. The van der Waals surface area contributed by atoms with Gasteiger partial charge in [-0.25, -0.2) is 4.98 Å². The Bertz CT molecular complexity index is 787. The van der Waals surface area contributed by atoms with Gasteiger partial charge in [0.2, 0.25) is 5.89 Å². The van der Waals surface area contributed by atoms with Crippen molar-refractivity contribution in [2.45, 2.75) is 19.6 Å². The molecule has 3 rings (SSSR count). The van der Waals surface area contributed by atoms with E-state index in [9.17, 15) is 9.90 Å². The number of carbonyl (C=O) groups is 1. The van der Waals surface area contributed by atoms with Gasteiger partial charge in [-0.3, -0.25) is 14.6 Å². The summed E-state index contributed by atoms with van der Waals surface area (Å²) in [6.45, 7) is 7.46. The number of piperazine rings is 1. The van der Waals surface area contributed by atoms with E-state index in [1.54, 1.807) is 31.4 Å². The SMILES string of the molecule is CCOC[C@@H](O)CN1CCN(Cc2nc(C(=O)Nc3ccc(OC)cc3)co2)CC1. The number of nitrogens with zero attached hydrogens (tertiary/aromatic N) is 3. The number of hydrogen-bond acceptors (Lipinski definition) is 8. The van der Waals surface area contributed by atoms with E-state index in [0.717, 1.165) is 31.9 Å². The molecule has 0 spiro atoms. The number of amides is 1. The van der Waals surface area contributed by atoms with Crippen molar-refractivity contribution in [2.24, 2.45) is 0 Å². The van der Waals surface area contributed by atoms with Crippen molar-refractivity contribution < 1.29 is 23.8 Å². The van der Waals surface area contributed by atoms with Gasteiger partial charge >= 0.3 is 0 Å². The zero-order chi connectivity index (χ0) is 21.3. The summed E-state index contributed by atoms with van der Waals surface area (Å²) in [4.78, 5) is 21.1. The number of oxazole rings is 1. The molecule has 1 saturated heterocycles. The van der Waals surface area contributed by atoms with Crippen molar-refractivity contribution in [3.05, 3.63) is 42.1 Å². The van der Waals surface area contributed by atoms with Crippen LogP contribution in [0, 0.1) is 0 Å². The molecule has 2 aromatic rings. The zero-order valence-electron chi connectivity index (χ0n) is 17.5. The molecule has 1 aliphatic rings. The molecule has 164 valence electrons. The lowest BCUT2D eigenvalue weighted by molar-refractivity contribution is 0.00949. The van der Waals surface area contributed by atoms with Gasteiger partial charge < -0.3 is 24.3 Å². The number of benzene rings is 1. The van der Waals surface area contributed by atoms with E-state index in [-0.39, 0.29) is 11.6 Å². The highest BCUT2D eigenvalue weighted by Crippen LogP contribution is 2.16. The number of anilines is 1. The fourth-order valence-electron chi connectivity index (χ4n) is 3.28. The molecule has 2 heterocycles. The Balaban J connectivity index is 1.43. The predicted octanol–water partition coefficient (Wildman–Crippen LogP) is 1.45. The number of aliphatic hydroxyl groups excluding tert-OH is 1. The highest BCUT2D eigenvalue weighted by Gasteiger charge is 2.21. The molecule has 1 atom stereocenters. The first kappa shape index (κ1) is 22.2. The molecule has 0 aliphatic carbocycles. The second-order valence-electron chi connectivity index (χ2n) is 7.20. The number of aliphatic hydroxyl groups is 1. The predicted molar refractivity (Wildman–Crippen MR) is 112 cm³/mol. The van der Waals surface area contributed by atoms with Gasteiger partial charge in [-0.1, -0.05) is 0 Å². The van der Waals surface area contributed by atoms with Crippen molar-refractivity contribution in [1.82, 2.24) is 14.8 Å². The van der Waals surface area contributed by atoms with E-state index in [4.69, 9.17) is 13.9 Å². The second kappa shape index (κ2) is 11.1. The van der Waals surface area contributed by atoms with Gasteiger partial charge in [0.1, 0.15) is 12.0 Å². The van der Waals surface area contributed by atoms with Crippen molar-refractivity contribution in [1.29, 1.82) is 0 Å². The Morgan fingerprint density at radius 3 is 2.60 bits per heavy atom. The fourth-order valence-corrected chi connectivity index (χ4v) is 3.28. The summed E-state index contributed by atoms with van der Waals surface area (Å²) in [5.74, 6) is 0.920. The van der Waals surface area contributed by atoms with Crippen LogP contribution in [0.3, 0.4) is 0 Å². The number of aromatic nitrogens is 1. The van der Waals surface area contributed by atoms with Crippen LogP contribution in [-0.4, -0.2) is 84.9 Å². The molecule has 0 unspecified atom stereocenters. The van der Waals surface area contributed by atoms with E-state index in [1.165, 1.54) is 6.26 Å². The van der Waals surface area contributed by atoms with E-state index in [2.05, 4.69) is 20.1 Å². The molecule has 1 aromatic heterocycles. The highest BCUT2D eigenvalue weighted by atomic mass is 16.5. The Labute approximate surface area is 176 Å². The monoisotopic (exact) mass is 418 g/mol. The van der Waals surface area contributed by atoms with Crippen molar-refractivity contribution in [3.8, 4) is 5.75 Å². The lowest BCUT2D eigenvalue weighted by Crippen LogP contribution is -2.48. The lowest BCUT2D eigenvalue weighted by atomic mass is 10.2. The second-order valence-corrected chi connectivity index (χ2v) is 7.20. The minimum Gasteiger partial charge on any atom is -0.497 e. The van der Waals surface area contributed by atoms with Crippen LogP contribution in [0.5, 0.6) is 5.75 Å². The average Bonchev–Trinajstić information content (AvgIpc) is 3.23. The van der Waals surface area contributed by atoms with Gasteiger partial charge in [0.05, 0.1) is 26.4 Å². The number of nitrogens with one attached hydrogen (secondary N) is 1. The summed E-state index contributed by atoms with van der Waals surface area (Å²) < 4.78 is 15.9. The van der Waals surface area contributed by atoms with Crippen molar-refractivity contribution in [3.63, 3.8) is 0 Å². The van der Waals surface area contributed by atoms with Gasteiger partial charge in [-0.15, -0.1) is 0 Å². The molecule has 9 heteroatoms. The Hall–Kier alpha value is -2.46. The smallest absolute Gasteiger partial charge is 0.277 e. The number of rotatable bonds is 10. The molecule has 1 aromatic carbocycles. The number of carbonyl (C=O) groups excluding carboxylic acids is 1. The molecule has 0 bridgehead atoms. The number of hydrogen-bond donors (Lipinski definition) is 2. The summed E-state index contributed by atoms with van der Waals surface area (Å²) in [6.07, 6.45) is 0.921. The first-order valence-corrected chi connectivity index (χ1v) is 10.2. The molecule has 0 saturated carbocycles. The van der Waals surface area contributed by atoms with E-state index in [1.807, 2.05) is 6.92 Å². The van der Waals surface area contributed by atoms with Crippen molar-refractivity contribution in [2.75, 3.05) is 58.4 Å². The van der Waals surface area contributed by atoms with E-state index < -0.39 is 6.10 Å². The van der Waals surface area contributed by atoms with E-state index in [0.29, 0.717) is 37.9 Å². The lowest BCUT2D eigenvalue weighted by Gasteiger charge is -2.34. The van der Waals surface area contributed by atoms with Crippen LogP contribution >= 0.6 is 0 Å². The maximum Gasteiger partial charge on any atom is 0.277 e. The molecule has 1 fully saturated rings. The molecule has 0 radical (unpaired) electrons. The van der Waals surface area contributed by atoms with Crippen molar-refractivity contribution >= 4 is 11.6 Å². The third-order valence-electron chi connectivity index (χ3n) is 4.94. The molecular weight excluding hydrogens is 388 g/mol. The number of β-amino-alcohol motifs (C(OH)–C–C–N with tert-alkyl or cyclic N) is 1. The fraction of sp³-hybridized carbons (Fsp3) is 0.524. The zero-order valence-corrected chi connectivity index (χ0v) is 17.5. The minimum absolute atomic E-state index is 0.249. The molecule has 9 nitrogen and oxygen atoms in total. The summed E-state index contributed by atoms with van der Waals surface area (Å²) >= 11 is 0. The number of methoxy groups -OCH3 is 1. The molecule has 1 aliphatic heterocycles. The van der Waals surface area contributed by atoms with Gasteiger partial charge in [0.25, 0.3) is 5.91 Å². The topological polar surface area (TPSA) is 100 Å². The highest BCUT2D eigenvalue weighted by molar-refractivity contribution is 6.02. The van der Waals surface area contributed by atoms with Crippen LogP contribution in [0.4, 0.5) is 5.69 Å². The van der Waals surface area contributed by atoms with E-state index >= 15 is 0 Å². The average molecular weight is 418 g/mol. The quantitative estimate of drug-likeness (QED) is 0.598. The molecule has 1 amide bonds. The standard InChI is InChI=1S/C21H30N4O5/c1-3-29-14-17(26)12-24-8-10-25(11-9-24)13-20-23-19(15-30-20)21(27)22-16-4-6-18(28-2)7-5-16/h4-7,15,17,26H,3,8-14H2,1-2H3,(H,22,27)/t17-/m0/s1. The Kier molecular flexibility index (Phi) is 8.21. The van der Waals surface area contributed by atoms with Crippen LogP contribution in [0.2, 0.25) is 0 Å².